The Hall–Kier alpha value is -1.97. The summed E-state index contributed by atoms with van der Waals surface area (Å²) in [5, 5.41) is 0. The molecule has 2 aliphatic carbocycles. The Labute approximate surface area is 299 Å². The molecule has 0 heterocycles. The second-order valence-corrected chi connectivity index (χ2v) is 74.6. The van der Waals surface area contributed by atoms with Gasteiger partial charge >= 0.3 is 302 Å². The van der Waals surface area contributed by atoms with Gasteiger partial charge in [-0.2, -0.15) is 0 Å². The van der Waals surface area contributed by atoms with Crippen molar-refractivity contribution in [2.24, 2.45) is 0 Å². The number of hydrogen-bond donors (Lipinski definition) is 0. The van der Waals surface area contributed by atoms with Gasteiger partial charge in [0.05, 0.1) is 0 Å². The first kappa shape index (κ1) is 35.8. The molecule has 0 spiro atoms. The number of rotatable bonds is 11. The monoisotopic (exact) mass is 859 g/mol. The van der Waals surface area contributed by atoms with Crippen LogP contribution in [0.2, 0.25) is 13.1 Å². The molecule has 0 saturated carbocycles. The molecule has 48 heavy (non-hydrogen) atoms. The van der Waals surface area contributed by atoms with Gasteiger partial charge in [0.25, 0.3) is 0 Å². The van der Waals surface area contributed by atoms with Crippen LogP contribution in [0, 0.1) is 0 Å². The minimum atomic E-state index is -5.01. The number of allylic oxidation sites excluding steroid dienone is 2. The summed E-state index contributed by atoms with van der Waals surface area (Å²) in [6.07, 6.45) is 9.30. The Morgan fingerprint density at radius 2 is 0.938 bits per heavy atom. The van der Waals surface area contributed by atoms with E-state index in [0.29, 0.717) is 11.8 Å². The number of hydrogen-bond acceptors (Lipinski definition) is 0. The molecule has 0 nitrogen and oxygen atoms in total. The van der Waals surface area contributed by atoms with Crippen molar-refractivity contribution < 1.29 is 15.3 Å². The van der Waals surface area contributed by atoms with Crippen molar-refractivity contribution in [2.45, 2.75) is 99.5 Å². The third-order valence-electron chi connectivity index (χ3n) is 11.3. The molecule has 6 rings (SSSR count). The summed E-state index contributed by atoms with van der Waals surface area (Å²) in [5.74, 6) is -0.750. The quantitative estimate of drug-likeness (QED) is 0.132. The Kier molecular flexibility index (Phi) is 10.4. The van der Waals surface area contributed by atoms with E-state index >= 15 is 0 Å². The first-order chi connectivity index (χ1) is 22.9. The fourth-order valence-electron chi connectivity index (χ4n) is 9.04. The fourth-order valence-corrected chi connectivity index (χ4v) is 53.6. The Balaban J connectivity index is 1.61. The molecule has 0 N–H and O–H groups in total. The number of benzene rings is 4. The van der Waals surface area contributed by atoms with Crippen molar-refractivity contribution in [1.82, 2.24) is 0 Å². The fraction of sp³-hybridized carbons (Fsp3) is 0.364. The van der Waals surface area contributed by atoms with Gasteiger partial charge < -0.3 is 0 Å². The third-order valence-corrected chi connectivity index (χ3v) is 84.2. The van der Waals surface area contributed by atoms with Crippen LogP contribution in [-0.4, -0.2) is 5.98 Å². The average Bonchev–Trinajstić information content (AvgIpc) is 3.64. The van der Waals surface area contributed by atoms with Gasteiger partial charge in [-0.25, -0.2) is 0 Å². The van der Waals surface area contributed by atoms with E-state index in [0.717, 1.165) is 25.7 Å². The van der Waals surface area contributed by atoms with Crippen molar-refractivity contribution in [3.05, 3.63) is 129 Å². The standard InChI is InChI=1S/2C21H23.C2H7Si.2ClH.Hf/c2*1-4-8-16-13-17-9-7-12-20(21(17)14-16)19-11-6-5-10-18(19)15(2)3;1-3-2;;;/h2*5-7,9-15H,4,8H2,1-3H3;3H,1-2H3;2*1H;/q;;;;;+2/p-2. The van der Waals surface area contributed by atoms with E-state index in [1.165, 1.54) is 66.8 Å². The van der Waals surface area contributed by atoms with E-state index in [1.807, 2.05) is 0 Å². The normalized spacial score (nSPS) is 18.1. The molecule has 0 radical (unpaired) electrons. The van der Waals surface area contributed by atoms with Crippen molar-refractivity contribution in [2.75, 3.05) is 0 Å². The van der Waals surface area contributed by atoms with Crippen molar-refractivity contribution in [3.63, 3.8) is 0 Å². The maximum absolute atomic E-state index is 8.78. The predicted octanol–water partition coefficient (Wildman–Crippen LogP) is 14.4. The van der Waals surface area contributed by atoms with Gasteiger partial charge in [-0.15, -0.1) is 0 Å². The molecule has 2 atom stereocenters. The number of halogens is 2. The Morgan fingerprint density at radius 3 is 1.29 bits per heavy atom. The van der Waals surface area contributed by atoms with E-state index in [9.17, 15) is 0 Å². The van der Waals surface area contributed by atoms with E-state index in [-0.39, 0.29) is 7.35 Å². The summed E-state index contributed by atoms with van der Waals surface area (Å²) in [4.78, 5) is 0. The molecule has 2 aliphatic rings. The Morgan fingerprint density at radius 1 is 0.562 bits per heavy atom. The maximum atomic E-state index is 8.78. The summed E-state index contributed by atoms with van der Waals surface area (Å²) in [7, 11) is 17.6. The molecule has 4 aromatic rings. The van der Waals surface area contributed by atoms with E-state index < -0.39 is 21.3 Å². The van der Waals surface area contributed by atoms with E-state index in [2.05, 4.69) is 152 Å². The van der Waals surface area contributed by atoms with Crippen LogP contribution in [0.5, 0.6) is 0 Å². The summed E-state index contributed by atoms with van der Waals surface area (Å²) in [5.41, 5.74) is 16.6. The second kappa shape index (κ2) is 14.0. The van der Waals surface area contributed by atoms with Crippen LogP contribution >= 0.6 is 17.2 Å². The van der Waals surface area contributed by atoms with Crippen LogP contribution in [-0.2, 0) is 15.3 Å². The second-order valence-electron chi connectivity index (χ2n) is 15.3. The van der Waals surface area contributed by atoms with Crippen LogP contribution in [0.3, 0.4) is 0 Å². The molecule has 0 aliphatic heterocycles. The summed E-state index contributed by atoms with van der Waals surface area (Å²) < 4.78 is 0.252. The van der Waals surface area contributed by atoms with Gasteiger partial charge in [0.15, 0.2) is 0 Å². The van der Waals surface area contributed by atoms with Crippen LogP contribution in [0.4, 0.5) is 0 Å². The first-order valence-corrected chi connectivity index (χ1v) is 40.5. The van der Waals surface area contributed by atoms with Crippen LogP contribution in [0.15, 0.2) is 96.1 Å². The van der Waals surface area contributed by atoms with Crippen LogP contribution < -0.4 is 0 Å². The van der Waals surface area contributed by atoms with E-state index in [4.69, 9.17) is 17.2 Å². The molecular formula is C44H53Cl2HfSi. The van der Waals surface area contributed by atoms with Crippen molar-refractivity contribution >= 4 is 35.3 Å². The molecule has 0 bridgehead atoms. The molecule has 0 fully saturated rings. The first-order valence-electron chi connectivity index (χ1n) is 18.4. The molecular weight excluding hydrogens is 806 g/mol. The van der Waals surface area contributed by atoms with Gasteiger partial charge in [-0.05, 0) is 0 Å². The molecule has 0 amide bonds. The van der Waals surface area contributed by atoms with Gasteiger partial charge in [0, 0.05) is 0 Å². The Bertz CT molecular complexity index is 1760. The van der Waals surface area contributed by atoms with Crippen molar-refractivity contribution in [1.29, 1.82) is 0 Å². The van der Waals surface area contributed by atoms with Crippen molar-refractivity contribution in [3.8, 4) is 22.3 Å². The third kappa shape index (κ3) is 5.85. The predicted molar refractivity (Wildman–Crippen MR) is 214 cm³/mol. The minimum absolute atomic E-state index is 0.126. The number of fused-ring (bicyclic) bond motifs is 2. The molecule has 0 saturated heterocycles. The summed E-state index contributed by atoms with van der Waals surface area (Å²) >= 11 is -5.01. The SMILES string of the molecule is CCCC1=Cc2c(-c3ccccc3C(C)C)cccc2[CH]1[Hf]([Cl])([Cl])([CH]1C(CCC)=Cc2c(-c3ccccc3C(C)C)cccc21)[SiH](C)C. The zero-order chi connectivity index (χ0) is 34.4. The van der Waals surface area contributed by atoms with Gasteiger partial charge in [0.1, 0.15) is 0 Å². The summed E-state index contributed by atoms with van der Waals surface area (Å²) in [6.45, 7) is 18.8. The average molecular weight is 859 g/mol. The van der Waals surface area contributed by atoms with Crippen LogP contribution in [0.25, 0.3) is 34.4 Å². The van der Waals surface area contributed by atoms with Gasteiger partial charge in [0.2, 0.25) is 0 Å². The topological polar surface area (TPSA) is 0 Å². The zero-order valence-corrected chi connectivity index (χ0v) is 36.5. The van der Waals surface area contributed by atoms with Crippen LogP contribution in [0.1, 0.15) is 120 Å². The molecule has 4 heteroatoms. The summed E-state index contributed by atoms with van der Waals surface area (Å²) in [6, 6.07) is 31.9. The van der Waals surface area contributed by atoms with Gasteiger partial charge in [-0.1, -0.05) is 0 Å². The molecule has 0 aromatic heterocycles. The van der Waals surface area contributed by atoms with Gasteiger partial charge in [-0.3, -0.25) is 0 Å². The molecule has 2 unspecified atom stereocenters. The zero-order valence-electron chi connectivity index (χ0n) is 30.2. The molecule has 4 aromatic carbocycles. The molecule has 251 valence electrons. The van der Waals surface area contributed by atoms with E-state index in [1.54, 1.807) is 0 Å².